The molecule has 0 saturated heterocycles. The fourth-order valence-electron chi connectivity index (χ4n) is 4.12. The molecule has 1 aromatic carbocycles. The molecule has 0 spiro atoms. The number of nitrogens with zero attached hydrogens (tertiary/aromatic N) is 4. The van der Waals surface area contributed by atoms with Gasteiger partial charge in [-0.05, 0) is 17.7 Å². The Balaban J connectivity index is 1.48. The summed E-state index contributed by atoms with van der Waals surface area (Å²) in [6, 6.07) is -0.0210. The molecular weight excluding hydrogens is 435 g/mol. The van der Waals surface area contributed by atoms with E-state index in [0.717, 1.165) is 4.57 Å². The van der Waals surface area contributed by atoms with Gasteiger partial charge in [-0.3, -0.25) is 4.79 Å². The molecule has 2 aliphatic rings. The molecule has 0 saturated carbocycles. The summed E-state index contributed by atoms with van der Waals surface area (Å²) >= 11 is 0. The summed E-state index contributed by atoms with van der Waals surface area (Å²) in [5.41, 5.74) is 5.17. The highest BCUT2D eigenvalue weighted by Gasteiger charge is 2.48. The Morgan fingerprint density at radius 3 is 2.55 bits per heavy atom. The minimum Gasteiger partial charge on any atom is -0.333 e. The molecule has 0 radical (unpaired) electrons. The van der Waals surface area contributed by atoms with Gasteiger partial charge >= 0.3 is 6.18 Å². The van der Waals surface area contributed by atoms with Crippen LogP contribution in [-0.4, -0.2) is 38.2 Å². The van der Waals surface area contributed by atoms with Crippen molar-refractivity contribution in [1.82, 2.24) is 19.7 Å². The summed E-state index contributed by atoms with van der Waals surface area (Å²) in [4.78, 5) is 13.8. The molecule has 1 aliphatic carbocycles. The summed E-state index contributed by atoms with van der Waals surface area (Å²) in [5.74, 6) is -9.01. The molecule has 1 unspecified atom stereocenters. The second-order valence-electron chi connectivity index (χ2n) is 7.64. The number of carbonyl (C=O) groups excluding carboxylic acids is 1. The lowest BCUT2D eigenvalue weighted by molar-refractivity contribution is -0.148. The van der Waals surface area contributed by atoms with Crippen LogP contribution in [0.3, 0.4) is 0 Å². The number of aromatic nitrogens is 3. The molecule has 2 heterocycles. The van der Waals surface area contributed by atoms with Crippen LogP contribution in [0.2, 0.25) is 0 Å². The number of carbonyl (C=O) groups is 1. The number of amides is 1. The Bertz CT molecular complexity index is 1040. The first-order chi connectivity index (χ1) is 14.4. The maximum Gasteiger partial charge on any atom is 0.451 e. The van der Waals surface area contributed by atoms with Gasteiger partial charge in [-0.1, -0.05) is 0 Å². The fraction of sp³-hybridized carbons (Fsp3) is 0.500. The number of hydrogen-bond acceptors (Lipinski definition) is 4. The third-order valence-electron chi connectivity index (χ3n) is 5.65. The first kappa shape index (κ1) is 21.5. The van der Waals surface area contributed by atoms with Gasteiger partial charge in [0.1, 0.15) is 0 Å². The van der Waals surface area contributed by atoms with Crippen molar-refractivity contribution in [1.29, 1.82) is 0 Å². The van der Waals surface area contributed by atoms with Crippen molar-refractivity contribution in [3.8, 4) is 0 Å². The van der Waals surface area contributed by atoms with Crippen LogP contribution in [0.15, 0.2) is 12.1 Å². The lowest BCUT2D eigenvalue weighted by Gasteiger charge is -2.30. The summed E-state index contributed by atoms with van der Waals surface area (Å²) in [6.07, 6.45) is -5.89. The summed E-state index contributed by atoms with van der Waals surface area (Å²) in [5, 5.41) is 6.59. The van der Waals surface area contributed by atoms with Crippen molar-refractivity contribution in [2.45, 2.75) is 50.0 Å². The van der Waals surface area contributed by atoms with Crippen molar-refractivity contribution >= 4 is 5.91 Å². The second kappa shape index (κ2) is 7.18. The molecular formula is C18H16F7N5O. The molecule has 0 bridgehead atoms. The molecule has 13 heteroatoms. The number of benzene rings is 1. The third-order valence-corrected chi connectivity index (χ3v) is 5.65. The van der Waals surface area contributed by atoms with Crippen LogP contribution in [0.1, 0.15) is 41.5 Å². The van der Waals surface area contributed by atoms with E-state index in [1.165, 1.54) is 4.90 Å². The Hall–Kier alpha value is -2.70. The zero-order valence-electron chi connectivity index (χ0n) is 15.8. The molecule has 0 fully saturated rings. The first-order valence-corrected chi connectivity index (χ1v) is 9.28. The highest BCUT2D eigenvalue weighted by Crippen LogP contribution is 2.50. The molecule has 1 aromatic heterocycles. The van der Waals surface area contributed by atoms with Crippen LogP contribution in [-0.2, 0) is 30.0 Å². The van der Waals surface area contributed by atoms with E-state index < -0.39 is 65.8 Å². The van der Waals surface area contributed by atoms with Crippen molar-refractivity contribution in [2.75, 3.05) is 6.54 Å². The molecule has 168 valence electrons. The van der Waals surface area contributed by atoms with Gasteiger partial charge in [0.15, 0.2) is 17.5 Å². The lowest BCUT2D eigenvalue weighted by Crippen LogP contribution is -2.42. The topological polar surface area (TPSA) is 77.0 Å². The quantitative estimate of drug-likeness (QED) is 0.729. The molecule has 1 amide bonds. The third kappa shape index (κ3) is 3.75. The molecule has 1 aliphatic heterocycles. The van der Waals surface area contributed by atoms with Gasteiger partial charge < -0.3 is 15.2 Å². The standard InChI is InChI=1S/C18H16F7N5O/c19-11-3-8-9(6-17(21,22)10(8)4-12(11)20)13(26)5-15(31)29-1-2-30-14(7-29)27-28-16(30)18(23,24)25/h3-4,9,13H,1-2,5-7,26H2/t9?,13-/m0/s1. The predicted molar refractivity (Wildman–Crippen MR) is 90.6 cm³/mol. The normalized spacial score (nSPS) is 21.0. The van der Waals surface area contributed by atoms with Gasteiger partial charge in [-0.2, -0.15) is 13.2 Å². The maximum absolute atomic E-state index is 14.3. The van der Waals surface area contributed by atoms with Crippen LogP contribution in [0, 0.1) is 11.6 Å². The molecule has 6 nitrogen and oxygen atoms in total. The minimum absolute atomic E-state index is 0.0595. The summed E-state index contributed by atoms with van der Waals surface area (Å²) in [6.45, 7) is -0.504. The van der Waals surface area contributed by atoms with Crippen molar-refractivity contribution in [3.63, 3.8) is 0 Å². The minimum atomic E-state index is -4.68. The van der Waals surface area contributed by atoms with Crippen molar-refractivity contribution in [3.05, 3.63) is 46.5 Å². The van der Waals surface area contributed by atoms with E-state index >= 15 is 0 Å². The van der Waals surface area contributed by atoms with Crippen LogP contribution in [0.4, 0.5) is 30.7 Å². The van der Waals surface area contributed by atoms with Gasteiger partial charge in [-0.25, -0.2) is 17.6 Å². The monoisotopic (exact) mass is 451 g/mol. The van der Waals surface area contributed by atoms with E-state index in [0.29, 0.717) is 12.1 Å². The van der Waals surface area contributed by atoms with Gasteiger partial charge in [0, 0.05) is 43.5 Å². The van der Waals surface area contributed by atoms with Crippen LogP contribution in [0.25, 0.3) is 0 Å². The number of nitrogens with two attached hydrogens (primary N) is 1. The molecule has 2 aromatic rings. The smallest absolute Gasteiger partial charge is 0.333 e. The number of rotatable bonds is 3. The number of alkyl halides is 5. The van der Waals surface area contributed by atoms with Gasteiger partial charge in [-0.15, -0.1) is 10.2 Å². The van der Waals surface area contributed by atoms with Gasteiger partial charge in [0.2, 0.25) is 11.7 Å². The maximum atomic E-state index is 14.3. The predicted octanol–water partition coefficient (Wildman–Crippen LogP) is 2.91. The van der Waals surface area contributed by atoms with Crippen molar-refractivity contribution < 1.29 is 35.5 Å². The van der Waals surface area contributed by atoms with E-state index in [1.807, 2.05) is 0 Å². The molecule has 2 N–H and O–H groups in total. The Labute approximate surface area is 170 Å². The van der Waals surface area contributed by atoms with E-state index in [9.17, 15) is 35.5 Å². The Morgan fingerprint density at radius 2 is 1.87 bits per heavy atom. The van der Waals surface area contributed by atoms with Crippen LogP contribution in [0.5, 0.6) is 0 Å². The second-order valence-corrected chi connectivity index (χ2v) is 7.64. The Kier molecular flexibility index (Phi) is 4.98. The SMILES string of the molecule is N[C@@H](CC(=O)N1CCn2c(nnc2C(F)(F)F)C1)C1CC(F)(F)c2cc(F)c(F)cc21. The van der Waals surface area contributed by atoms with E-state index in [-0.39, 0.29) is 31.0 Å². The van der Waals surface area contributed by atoms with E-state index in [4.69, 9.17) is 5.73 Å². The zero-order chi connectivity index (χ0) is 22.7. The molecule has 4 rings (SSSR count). The summed E-state index contributed by atoms with van der Waals surface area (Å²) in [7, 11) is 0. The zero-order valence-corrected chi connectivity index (χ0v) is 15.8. The molecule has 2 atom stereocenters. The number of halogens is 7. The van der Waals surface area contributed by atoms with E-state index in [2.05, 4.69) is 10.2 Å². The van der Waals surface area contributed by atoms with Gasteiger partial charge in [0.05, 0.1) is 6.54 Å². The lowest BCUT2D eigenvalue weighted by atomic mass is 9.91. The Morgan fingerprint density at radius 1 is 1.19 bits per heavy atom. The average Bonchev–Trinajstić information content (AvgIpc) is 3.21. The van der Waals surface area contributed by atoms with Gasteiger partial charge in [0.25, 0.3) is 5.92 Å². The van der Waals surface area contributed by atoms with Crippen molar-refractivity contribution in [2.24, 2.45) is 5.73 Å². The first-order valence-electron chi connectivity index (χ1n) is 9.28. The van der Waals surface area contributed by atoms with E-state index in [1.54, 1.807) is 0 Å². The highest BCUT2D eigenvalue weighted by molar-refractivity contribution is 5.77. The molecule has 31 heavy (non-hydrogen) atoms. The highest BCUT2D eigenvalue weighted by atomic mass is 19.4. The fourth-order valence-corrected chi connectivity index (χ4v) is 4.12. The average molecular weight is 451 g/mol. The van der Waals surface area contributed by atoms with Crippen LogP contribution >= 0.6 is 0 Å². The largest absolute Gasteiger partial charge is 0.451 e. The summed E-state index contributed by atoms with van der Waals surface area (Å²) < 4.78 is 95.2. The number of hydrogen-bond donors (Lipinski definition) is 1. The van der Waals surface area contributed by atoms with Crippen LogP contribution < -0.4 is 5.73 Å². The number of fused-ring (bicyclic) bond motifs is 2.